The summed E-state index contributed by atoms with van der Waals surface area (Å²) < 4.78 is 5.45. The molecule has 3 heteroatoms. The van der Waals surface area contributed by atoms with Crippen LogP contribution in [0.1, 0.15) is 66.5 Å². The Labute approximate surface area is 129 Å². The van der Waals surface area contributed by atoms with Gasteiger partial charge in [0.15, 0.2) is 0 Å². The van der Waals surface area contributed by atoms with Crippen LogP contribution in [0.2, 0.25) is 0 Å². The lowest BCUT2D eigenvalue weighted by Crippen LogP contribution is -2.32. The molecule has 1 aromatic carbocycles. The molecule has 0 saturated carbocycles. The van der Waals surface area contributed by atoms with E-state index < -0.39 is 6.09 Å². The smallest absolute Gasteiger partial charge is 0.410 e. The molecule has 0 bridgehead atoms. The second kappa shape index (κ2) is 6.08. The van der Waals surface area contributed by atoms with E-state index in [0.29, 0.717) is 5.75 Å². The highest BCUT2D eigenvalue weighted by molar-refractivity contribution is 5.70. The SMILES string of the molecule is CC(C)NC(=O)Oc1cc(C(C)(C)C)cc(C(C)(C)C)c1. The Hall–Kier alpha value is -1.51. The topological polar surface area (TPSA) is 38.3 Å². The Kier molecular flexibility index (Phi) is 5.08. The zero-order valence-corrected chi connectivity index (χ0v) is 14.6. The van der Waals surface area contributed by atoms with Crippen molar-refractivity contribution in [1.29, 1.82) is 0 Å². The molecule has 118 valence electrons. The van der Waals surface area contributed by atoms with Crippen LogP contribution in [0.3, 0.4) is 0 Å². The minimum atomic E-state index is -0.407. The van der Waals surface area contributed by atoms with E-state index in [1.54, 1.807) is 0 Å². The summed E-state index contributed by atoms with van der Waals surface area (Å²) in [6.45, 7) is 16.8. The predicted molar refractivity (Wildman–Crippen MR) is 88.1 cm³/mol. The molecule has 0 fully saturated rings. The predicted octanol–water partition coefficient (Wildman–Crippen LogP) is 4.78. The van der Waals surface area contributed by atoms with Crippen molar-refractivity contribution in [2.24, 2.45) is 0 Å². The van der Waals surface area contributed by atoms with E-state index in [9.17, 15) is 4.79 Å². The quantitative estimate of drug-likeness (QED) is 0.851. The number of amides is 1. The largest absolute Gasteiger partial charge is 0.412 e. The van der Waals surface area contributed by atoms with E-state index in [4.69, 9.17) is 4.74 Å². The minimum Gasteiger partial charge on any atom is -0.410 e. The molecule has 1 amide bonds. The van der Waals surface area contributed by atoms with Crippen LogP contribution < -0.4 is 10.1 Å². The van der Waals surface area contributed by atoms with Crippen molar-refractivity contribution in [1.82, 2.24) is 5.32 Å². The highest BCUT2D eigenvalue weighted by Crippen LogP contribution is 2.32. The van der Waals surface area contributed by atoms with Crippen molar-refractivity contribution in [2.45, 2.75) is 72.3 Å². The molecular formula is C18H29NO2. The highest BCUT2D eigenvalue weighted by atomic mass is 16.6. The molecule has 21 heavy (non-hydrogen) atoms. The van der Waals surface area contributed by atoms with Gasteiger partial charge in [-0.2, -0.15) is 0 Å². The van der Waals surface area contributed by atoms with Crippen LogP contribution in [0.25, 0.3) is 0 Å². The minimum absolute atomic E-state index is 0.00783. The molecule has 1 N–H and O–H groups in total. The van der Waals surface area contributed by atoms with Gasteiger partial charge < -0.3 is 10.1 Å². The van der Waals surface area contributed by atoms with Crippen molar-refractivity contribution in [3.8, 4) is 5.75 Å². The summed E-state index contributed by atoms with van der Waals surface area (Å²) in [4.78, 5) is 11.8. The third-order valence-electron chi connectivity index (χ3n) is 3.26. The number of hydrogen-bond donors (Lipinski definition) is 1. The molecular weight excluding hydrogens is 262 g/mol. The van der Waals surface area contributed by atoms with Crippen molar-refractivity contribution in [2.75, 3.05) is 0 Å². The summed E-state index contributed by atoms with van der Waals surface area (Å²) in [6.07, 6.45) is -0.407. The first-order valence-electron chi connectivity index (χ1n) is 7.54. The van der Waals surface area contributed by atoms with Gasteiger partial charge in [0.05, 0.1) is 0 Å². The molecule has 0 heterocycles. The Morgan fingerprint density at radius 3 is 1.71 bits per heavy atom. The number of benzene rings is 1. The third-order valence-corrected chi connectivity index (χ3v) is 3.26. The number of nitrogens with one attached hydrogen (secondary N) is 1. The van der Waals surface area contributed by atoms with Gasteiger partial charge in [0, 0.05) is 6.04 Å². The number of carbonyl (C=O) groups is 1. The Morgan fingerprint density at radius 1 is 0.952 bits per heavy atom. The van der Waals surface area contributed by atoms with Crippen molar-refractivity contribution in [3.05, 3.63) is 29.3 Å². The normalized spacial score (nSPS) is 12.4. The fraction of sp³-hybridized carbons (Fsp3) is 0.611. The standard InChI is InChI=1S/C18H29NO2/c1-12(2)19-16(20)21-15-10-13(17(3,4)5)9-14(11-15)18(6,7)8/h9-12H,1-8H3,(H,19,20). The van der Waals surface area contributed by atoms with E-state index in [1.807, 2.05) is 26.0 Å². The van der Waals surface area contributed by atoms with Crippen molar-refractivity contribution >= 4 is 6.09 Å². The lowest BCUT2D eigenvalue weighted by Gasteiger charge is -2.26. The maximum absolute atomic E-state index is 11.8. The third kappa shape index (κ3) is 5.41. The number of rotatable bonds is 2. The maximum Gasteiger partial charge on any atom is 0.412 e. The lowest BCUT2D eigenvalue weighted by atomic mass is 9.80. The van der Waals surface area contributed by atoms with Crippen LogP contribution in [-0.2, 0) is 10.8 Å². The van der Waals surface area contributed by atoms with Gasteiger partial charge in [0.2, 0.25) is 0 Å². The molecule has 0 aliphatic heterocycles. The highest BCUT2D eigenvalue weighted by Gasteiger charge is 2.21. The van der Waals surface area contributed by atoms with Crippen LogP contribution >= 0.6 is 0 Å². The molecule has 3 nitrogen and oxygen atoms in total. The van der Waals surface area contributed by atoms with Gasteiger partial charge in [0.1, 0.15) is 5.75 Å². The van der Waals surface area contributed by atoms with Crippen molar-refractivity contribution < 1.29 is 9.53 Å². The molecule has 0 unspecified atom stereocenters. The zero-order chi connectivity index (χ0) is 16.4. The molecule has 0 aliphatic carbocycles. The molecule has 0 spiro atoms. The molecule has 0 radical (unpaired) electrons. The molecule has 0 atom stereocenters. The van der Waals surface area contributed by atoms with E-state index in [-0.39, 0.29) is 16.9 Å². The van der Waals surface area contributed by atoms with Gasteiger partial charge >= 0.3 is 6.09 Å². The Morgan fingerprint density at radius 2 is 1.38 bits per heavy atom. The van der Waals surface area contributed by atoms with Crippen LogP contribution in [0.15, 0.2) is 18.2 Å². The summed E-state index contributed by atoms with van der Waals surface area (Å²) in [5.41, 5.74) is 2.35. The molecule has 1 aromatic rings. The van der Waals surface area contributed by atoms with Gasteiger partial charge in [-0.15, -0.1) is 0 Å². The zero-order valence-electron chi connectivity index (χ0n) is 14.6. The summed E-state index contributed by atoms with van der Waals surface area (Å²) in [6, 6.07) is 6.17. The Bertz CT molecular complexity index is 473. The van der Waals surface area contributed by atoms with Gasteiger partial charge in [-0.25, -0.2) is 4.79 Å². The fourth-order valence-electron chi connectivity index (χ4n) is 1.90. The summed E-state index contributed by atoms with van der Waals surface area (Å²) in [5, 5.41) is 2.75. The Balaban J connectivity index is 3.17. The first-order chi connectivity index (χ1) is 9.39. The van der Waals surface area contributed by atoms with E-state index in [0.717, 1.165) is 0 Å². The van der Waals surface area contributed by atoms with Gasteiger partial charge in [-0.05, 0) is 47.9 Å². The van der Waals surface area contributed by atoms with Gasteiger partial charge in [0.25, 0.3) is 0 Å². The first-order valence-corrected chi connectivity index (χ1v) is 7.54. The van der Waals surface area contributed by atoms with Gasteiger partial charge in [-0.1, -0.05) is 47.6 Å². The monoisotopic (exact) mass is 291 g/mol. The van der Waals surface area contributed by atoms with Crippen molar-refractivity contribution in [3.63, 3.8) is 0 Å². The average Bonchev–Trinajstić information content (AvgIpc) is 2.24. The number of ether oxygens (including phenoxy) is 1. The van der Waals surface area contributed by atoms with Crippen LogP contribution in [0.5, 0.6) is 5.75 Å². The van der Waals surface area contributed by atoms with Crippen LogP contribution in [0, 0.1) is 0 Å². The van der Waals surface area contributed by atoms with E-state index in [1.165, 1.54) is 11.1 Å². The fourth-order valence-corrected chi connectivity index (χ4v) is 1.90. The molecule has 1 rings (SSSR count). The average molecular weight is 291 g/mol. The summed E-state index contributed by atoms with van der Waals surface area (Å²) >= 11 is 0. The summed E-state index contributed by atoms with van der Waals surface area (Å²) in [7, 11) is 0. The number of carbonyl (C=O) groups excluding carboxylic acids is 1. The van der Waals surface area contributed by atoms with Gasteiger partial charge in [-0.3, -0.25) is 0 Å². The lowest BCUT2D eigenvalue weighted by molar-refractivity contribution is 0.197. The molecule has 0 saturated heterocycles. The second-order valence-electron chi connectivity index (χ2n) is 7.93. The first kappa shape index (κ1) is 17.5. The maximum atomic E-state index is 11.8. The van der Waals surface area contributed by atoms with Crippen LogP contribution in [0.4, 0.5) is 4.79 Å². The van der Waals surface area contributed by atoms with E-state index in [2.05, 4.69) is 52.9 Å². The second-order valence-corrected chi connectivity index (χ2v) is 7.93. The summed E-state index contributed by atoms with van der Waals surface area (Å²) in [5.74, 6) is 0.602. The van der Waals surface area contributed by atoms with Crippen LogP contribution in [-0.4, -0.2) is 12.1 Å². The van der Waals surface area contributed by atoms with E-state index >= 15 is 0 Å². The molecule has 0 aliphatic rings. The molecule has 0 aromatic heterocycles. The number of hydrogen-bond acceptors (Lipinski definition) is 2.